The smallest absolute Gasteiger partial charge is 0.307 e. The largest absolute Gasteiger partial charge is 0.469 e. The van der Waals surface area contributed by atoms with E-state index in [1.54, 1.807) is 17.0 Å². The van der Waals surface area contributed by atoms with Gasteiger partial charge in [-0.2, -0.15) is 5.10 Å². The second-order valence-electron chi connectivity index (χ2n) is 6.28. The van der Waals surface area contributed by atoms with Crippen LogP contribution < -0.4 is 5.32 Å². The summed E-state index contributed by atoms with van der Waals surface area (Å²) in [5.41, 5.74) is 2.53. The van der Waals surface area contributed by atoms with Gasteiger partial charge in [0.15, 0.2) is 0 Å². The molecule has 0 saturated carbocycles. The van der Waals surface area contributed by atoms with E-state index >= 15 is 0 Å². The molecule has 0 fully saturated rings. The first kappa shape index (κ1) is 20.5. The van der Waals surface area contributed by atoms with Crippen molar-refractivity contribution in [2.45, 2.75) is 12.5 Å². The van der Waals surface area contributed by atoms with Crippen molar-refractivity contribution >= 4 is 33.9 Å². The van der Waals surface area contributed by atoms with Crippen LogP contribution in [0.25, 0.3) is 11.8 Å². The van der Waals surface area contributed by atoms with E-state index in [2.05, 4.69) is 26.3 Å². The topological polar surface area (TPSA) is 73.2 Å². The number of esters is 1. The van der Waals surface area contributed by atoms with E-state index in [1.165, 1.54) is 13.2 Å². The van der Waals surface area contributed by atoms with Gasteiger partial charge in [-0.3, -0.25) is 9.59 Å². The molecular formula is C22H20BrN3O3. The average molecular weight is 454 g/mol. The van der Waals surface area contributed by atoms with E-state index in [4.69, 9.17) is 4.74 Å². The quantitative estimate of drug-likeness (QED) is 0.432. The summed E-state index contributed by atoms with van der Waals surface area (Å²) in [5.74, 6) is -0.713. The summed E-state index contributed by atoms with van der Waals surface area (Å²) < 4.78 is 7.36. The Bertz CT molecular complexity index is 1010. The van der Waals surface area contributed by atoms with Gasteiger partial charge in [0, 0.05) is 22.3 Å². The second-order valence-corrected chi connectivity index (χ2v) is 7.20. The van der Waals surface area contributed by atoms with Gasteiger partial charge in [0.1, 0.15) is 0 Å². The van der Waals surface area contributed by atoms with Gasteiger partial charge in [-0.05, 0) is 35.9 Å². The van der Waals surface area contributed by atoms with Crippen molar-refractivity contribution in [3.63, 3.8) is 0 Å². The van der Waals surface area contributed by atoms with E-state index in [0.717, 1.165) is 21.3 Å². The lowest BCUT2D eigenvalue weighted by Gasteiger charge is -2.17. The van der Waals surface area contributed by atoms with Crippen LogP contribution in [0.15, 0.2) is 77.5 Å². The van der Waals surface area contributed by atoms with E-state index < -0.39 is 12.0 Å². The molecule has 7 heteroatoms. The van der Waals surface area contributed by atoms with Crippen LogP contribution in [0.2, 0.25) is 0 Å². The molecule has 0 saturated heterocycles. The SMILES string of the molecule is COC(=O)CC(NC(=O)/C=C/c1cnn(-c2ccccc2)c1)c1cccc(Br)c1. The molecule has 3 aromatic rings. The first-order chi connectivity index (χ1) is 14.0. The number of halogens is 1. The highest BCUT2D eigenvalue weighted by Gasteiger charge is 2.18. The monoisotopic (exact) mass is 453 g/mol. The van der Waals surface area contributed by atoms with Gasteiger partial charge in [0.25, 0.3) is 0 Å². The Morgan fingerprint density at radius 2 is 2.00 bits per heavy atom. The highest BCUT2D eigenvalue weighted by atomic mass is 79.9. The molecule has 0 aliphatic rings. The Morgan fingerprint density at radius 3 is 2.72 bits per heavy atom. The van der Waals surface area contributed by atoms with Crippen LogP contribution in [0.1, 0.15) is 23.6 Å². The van der Waals surface area contributed by atoms with Gasteiger partial charge in [-0.25, -0.2) is 4.68 Å². The fourth-order valence-electron chi connectivity index (χ4n) is 2.76. The number of hydrogen-bond donors (Lipinski definition) is 1. The minimum Gasteiger partial charge on any atom is -0.469 e. The molecule has 0 bridgehead atoms. The summed E-state index contributed by atoms with van der Waals surface area (Å²) in [7, 11) is 1.33. The van der Waals surface area contributed by atoms with Crippen molar-refractivity contribution < 1.29 is 14.3 Å². The Morgan fingerprint density at radius 1 is 1.21 bits per heavy atom. The van der Waals surface area contributed by atoms with Gasteiger partial charge in [-0.1, -0.05) is 46.3 Å². The molecule has 1 aromatic heterocycles. The molecule has 0 aliphatic heterocycles. The minimum atomic E-state index is -0.496. The highest BCUT2D eigenvalue weighted by molar-refractivity contribution is 9.10. The number of carbonyl (C=O) groups is 2. The van der Waals surface area contributed by atoms with Crippen LogP contribution in [0.4, 0.5) is 0 Å². The van der Waals surface area contributed by atoms with Crippen molar-refractivity contribution in [1.29, 1.82) is 0 Å². The van der Waals surface area contributed by atoms with Gasteiger partial charge < -0.3 is 10.1 Å². The molecule has 1 atom stereocenters. The number of ether oxygens (including phenoxy) is 1. The third-order valence-electron chi connectivity index (χ3n) is 4.22. The number of hydrogen-bond acceptors (Lipinski definition) is 4. The lowest BCUT2D eigenvalue weighted by atomic mass is 10.0. The Balaban J connectivity index is 1.69. The number of methoxy groups -OCH3 is 1. The zero-order valence-electron chi connectivity index (χ0n) is 15.8. The molecular weight excluding hydrogens is 434 g/mol. The van der Waals surface area contributed by atoms with Crippen LogP contribution in [0, 0.1) is 0 Å². The minimum absolute atomic E-state index is 0.0402. The normalized spacial score (nSPS) is 11.9. The lowest BCUT2D eigenvalue weighted by molar-refractivity contribution is -0.141. The Hall–Kier alpha value is -3.19. The standard InChI is InChI=1S/C22H20BrN3O3/c1-29-22(28)13-20(17-6-5-7-18(23)12-17)25-21(27)11-10-16-14-24-26(15-16)19-8-3-2-4-9-19/h2-12,14-15,20H,13H2,1H3,(H,25,27)/b11-10+. The number of aromatic nitrogens is 2. The molecule has 1 amide bonds. The van der Waals surface area contributed by atoms with Gasteiger partial charge >= 0.3 is 5.97 Å². The van der Waals surface area contributed by atoms with Gasteiger partial charge in [0.05, 0.1) is 31.5 Å². The molecule has 29 heavy (non-hydrogen) atoms. The first-order valence-electron chi connectivity index (χ1n) is 8.96. The Kier molecular flexibility index (Phi) is 6.97. The number of amides is 1. The number of carbonyl (C=O) groups excluding carboxylic acids is 2. The fourth-order valence-corrected chi connectivity index (χ4v) is 3.18. The number of benzene rings is 2. The molecule has 1 heterocycles. The maximum absolute atomic E-state index is 12.4. The molecule has 1 N–H and O–H groups in total. The molecule has 0 aliphatic carbocycles. The average Bonchev–Trinajstić information content (AvgIpc) is 3.21. The Labute approximate surface area is 177 Å². The van der Waals surface area contributed by atoms with E-state index in [1.807, 2.05) is 60.8 Å². The maximum Gasteiger partial charge on any atom is 0.307 e. The van der Waals surface area contributed by atoms with Crippen LogP contribution in [0.5, 0.6) is 0 Å². The third kappa shape index (κ3) is 5.89. The number of nitrogens with one attached hydrogen (secondary N) is 1. The van der Waals surface area contributed by atoms with Gasteiger partial charge in [0.2, 0.25) is 5.91 Å². The van der Waals surface area contributed by atoms with Crippen molar-refractivity contribution in [2.75, 3.05) is 7.11 Å². The second kappa shape index (κ2) is 9.84. The third-order valence-corrected chi connectivity index (χ3v) is 4.71. The van der Waals surface area contributed by atoms with E-state index in [0.29, 0.717) is 0 Å². The lowest BCUT2D eigenvalue weighted by Crippen LogP contribution is -2.29. The van der Waals surface area contributed by atoms with Crippen molar-refractivity contribution in [1.82, 2.24) is 15.1 Å². The molecule has 6 nitrogen and oxygen atoms in total. The van der Waals surface area contributed by atoms with E-state index in [-0.39, 0.29) is 12.3 Å². The summed E-state index contributed by atoms with van der Waals surface area (Å²) >= 11 is 3.41. The summed E-state index contributed by atoms with van der Waals surface area (Å²) in [6.07, 6.45) is 6.65. The first-order valence-corrected chi connectivity index (χ1v) is 9.75. The molecule has 3 rings (SSSR count). The van der Waals surface area contributed by atoms with E-state index in [9.17, 15) is 9.59 Å². The molecule has 0 radical (unpaired) electrons. The summed E-state index contributed by atoms with van der Waals surface area (Å²) in [5, 5.41) is 7.16. The summed E-state index contributed by atoms with van der Waals surface area (Å²) in [4.78, 5) is 24.2. The number of nitrogens with zero attached hydrogens (tertiary/aromatic N) is 2. The van der Waals surface area contributed by atoms with Crippen molar-refractivity contribution in [3.05, 3.63) is 88.7 Å². The van der Waals surface area contributed by atoms with Crippen LogP contribution in [-0.2, 0) is 14.3 Å². The predicted molar refractivity (Wildman–Crippen MR) is 114 cm³/mol. The van der Waals surface area contributed by atoms with Crippen LogP contribution in [-0.4, -0.2) is 28.8 Å². The van der Waals surface area contributed by atoms with Gasteiger partial charge in [-0.15, -0.1) is 0 Å². The zero-order valence-corrected chi connectivity index (χ0v) is 17.4. The van der Waals surface area contributed by atoms with Crippen molar-refractivity contribution in [3.8, 4) is 5.69 Å². The van der Waals surface area contributed by atoms with Crippen molar-refractivity contribution in [2.24, 2.45) is 0 Å². The fraction of sp³-hybridized carbons (Fsp3) is 0.136. The van der Waals surface area contributed by atoms with Crippen LogP contribution in [0.3, 0.4) is 0 Å². The molecule has 2 aromatic carbocycles. The molecule has 0 spiro atoms. The predicted octanol–water partition coefficient (Wildman–Crippen LogP) is 4.07. The highest BCUT2D eigenvalue weighted by Crippen LogP contribution is 2.21. The molecule has 1 unspecified atom stereocenters. The summed E-state index contributed by atoms with van der Waals surface area (Å²) in [6.45, 7) is 0. The van der Waals surface area contributed by atoms with Crippen LogP contribution >= 0.6 is 15.9 Å². The maximum atomic E-state index is 12.4. The number of para-hydroxylation sites is 1. The number of rotatable bonds is 7. The zero-order chi connectivity index (χ0) is 20.6. The summed E-state index contributed by atoms with van der Waals surface area (Å²) in [6, 6.07) is 16.7. The molecule has 148 valence electrons.